The number of aliphatic hydroxyl groups excluding tert-OH is 2. The van der Waals surface area contributed by atoms with Crippen molar-refractivity contribution < 1.29 is 19.3 Å². The third kappa shape index (κ3) is 1.66. The van der Waals surface area contributed by atoms with Gasteiger partial charge in [-0.25, -0.2) is 9.37 Å². The van der Waals surface area contributed by atoms with Gasteiger partial charge in [-0.3, -0.25) is 14.3 Å². The number of imidazole rings is 1. The molecule has 20 heavy (non-hydrogen) atoms. The Hall–Kier alpha value is -2.46. The normalized spacial score (nSPS) is 28.1. The van der Waals surface area contributed by atoms with Crippen molar-refractivity contribution in [3.05, 3.63) is 28.8 Å². The van der Waals surface area contributed by atoms with Crippen LogP contribution < -0.4 is 11.3 Å². The van der Waals surface area contributed by atoms with Crippen LogP contribution in [0.2, 0.25) is 0 Å². The number of halogens is 1. The molecule has 9 nitrogen and oxygen atoms in total. The summed E-state index contributed by atoms with van der Waals surface area (Å²) in [6.07, 6.45) is -2.86. The molecule has 3 rings (SSSR count). The first-order valence-corrected chi connectivity index (χ1v) is 5.58. The Labute approximate surface area is 110 Å². The van der Waals surface area contributed by atoms with Gasteiger partial charge in [0.1, 0.15) is 24.9 Å². The van der Waals surface area contributed by atoms with E-state index in [2.05, 4.69) is 15.0 Å². The lowest BCUT2D eigenvalue weighted by Crippen LogP contribution is -2.28. The highest BCUT2D eigenvalue weighted by atomic mass is 19.1. The van der Waals surface area contributed by atoms with Gasteiger partial charge in [-0.2, -0.15) is 4.98 Å². The van der Waals surface area contributed by atoms with Gasteiger partial charge in [0, 0.05) is 0 Å². The minimum absolute atomic E-state index is 0.0119. The molecule has 10 heteroatoms. The number of hydrogen-bond donors (Lipinski definition) is 4. The maximum atomic E-state index is 12.5. The van der Waals surface area contributed by atoms with Gasteiger partial charge in [0.25, 0.3) is 5.56 Å². The fourth-order valence-electron chi connectivity index (χ4n) is 2.04. The Morgan fingerprint density at radius 1 is 1.55 bits per heavy atom. The molecule has 5 N–H and O–H groups in total. The van der Waals surface area contributed by atoms with E-state index in [-0.39, 0.29) is 23.4 Å². The number of nitrogens with two attached hydrogens (primary N) is 1. The van der Waals surface area contributed by atoms with Crippen LogP contribution in [0.15, 0.2) is 23.2 Å². The van der Waals surface area contributed by atoms with Crippen molar-refractivity contribution in [1.29, 1.82) is 0 Å². The SMILES string of the molecule is Nc1nc2c(ncn2[C@@H]2OC(=CF)[C@@H](O)[C@H]2O)c(=O)[nH]1. The Morgan fingerprint density at radius 3 is 2.95 bits per heavy atom. The van der Waals surface area contributed by atoms with Gasteiger partial charge in [0.15, 0.2) is 16.9 Å². The highest BCUT2D eigenvalue weighted by Crippen LogP contribution is 2.33. The minimum atomic E-state index is -1.51. The first-order chi connectivity index (χ1) is 9.52. The van der Waals surface area contributed by atoms with E-state index in [0.717, 1.165) is 0 Å². The minimum Gasteiger partial charge on any atom is -0.466 e. The molecule has 2 aromatic heterocycles. The Balaban J connectivity index is 2.14. The van der Waals surface area contributed by atoms with E-state index >= 15 is 0 Å². The largest absolute Gasteiger partial charge is 0.466 e. The van der Waals surface area contributed by atoms with Crippen molar-refractivity contribution in [3.63, 3.8) is 0 Å². The number of rotatable bonds is 1. The molecule has 0 amide bonds. The number of nitrogens with zero attached hydrogens (tertiary/aromatic N) is 3. The van der Waals surface area contributed by atoms with E-state index in [1.54, 1.807) is 0 Å². The van der Waals surface area contributed by atoms with Crippen LogP contribution in [0.5, 0.6) is 0 Å². The average molecular weight is 283 g/mol. The van der Waals surface area contributed by atoms with Crippen LogP contribution in [0.1, 0.15) is 6.23 Å². The Morgan fingerprint density at radius 2 is 2.30 bits per heavy atom. The number of aromatic amines is 1. The quantitative estimate of drug-likeness (QED) is 0.513. The molecular formula is C10H10FN5O4. The van der Waals surface area contributed by atoms with Crippen LogP contribution in [-0.2, 0) is 4.74 Å². The smallest absolute Gasteiger partial charge is 0.280 e. The second-order valence-electron chi connectivity index (χ2n) is 4.23. The molecule has 0 saturated carbocycles. The number of anilines is 1. The zero-order valence-corrected chi connectivity index (χ0v) is 9.89. The van der Waals surface area contributed by atoms with Gasteiger partial charge >= 0.3 is 0 Å². The number of H-pyrrole nitrogens is 1. The summed E-state index contributed by atoms with van der Waals surface area (Å²) in [6, 6.07) is 0. The van der Waals surface area contributed by atoms with Gasteiger partial charge in [-0.15, -0.1) is 0 Å². The number of hydrogen-bond acceptors (Lipinski definition) is 7. The van der Waals surface area contributed by atoms with Gasteiger partial charge in [-0.1, -0.05) is 0 Å². The first kappa shape index (κ1) is 12.6. The summed E-state index contributed by atoms with van der Waals surface area (Å²) >= 11 is 0. The lowest BCUT2D eigenvalue weighted by atomic mass is 10.2. The topological polar surface area (TPSA) is 139 Å². The number of nitrogen functional groups attached to an aromatic ring is 1. The van der Waals surface area contributed by atoms with Crippen molar-refractivity contribution in [3.8, 4) is 0 Å². The van der Waals surface area contributed by atoms with Gasteiger partial charge < -0.3 is 20.7 Å². The molecule has 1 fully saturated rings. The first-order valence-electron chi connectivity index (χ1n) is 5.58. The summed E-state index contributed by atoms with van der Waals surface area (Å²) in [6.45, 7) is 0. The molecule has 1 saturated heterocycles. The molecule has 3 atom stereocenters. The van der Waals surface area contributed by atoms with Crippen molar-refractivity contribution in [2.24, 2.45) is 0 Å². The van der Waals surface area contributed by atoms with Gasteiger partial charge in [0.2, 0.25) is 12.2 Å². The maximum Gasteiger partial charge on any atom is 0.280 e. The second-order valence-corrected chi connectivity index (χ2v) is 4.23. The Kier molecular flexibility index (Phi) is 2.69. The molecule has 0 bridgehead atoms. The van der Waals surface area contributed by atoms with E-state index < -0.39 is 29.8 Å². The third-order valence-corrected chi connectivity index (χ3v) is 3.00. The fraction of sp³-hybridized carbons (Fsp3) is 0.300. The predicted molar refractivity (Wildman–Crippen MR) is 63.9 cm³/mol. The summed E-state index contributed by atoms with van der Waals surface area (Å²) in [4.78, 5) is 21.6. The number of aliphatic hydroxyl groups is 2. The van der Waals surface area contributed by atoms with Crippen molar-refractivity contribution in [1.82, 2.24) is 19.5 Å². The van der Waals surface area contributed by atoms with Crippen molar-refractivity contribution in [2.75, 3.05) is 5.73 Å². The standard InChI is InChI=1S/C10H10FN5O4/c11-1-3-5(17)6(18)9(20-3)16-2-13-4-7(16)14-10(12)15-8(4)19/h1-2,5-6,9,17-18H,(H3,12,14,15,19)/t5-,6-,9-/m1/s1. The molecule has 0 radical (unpaired) electrons. The molecule has 0 aromatic carbocycles. The van der Waals surface area contributed by atoms with E-state index in [4.69, 9.17) is 10.5 Å². The fourth-order valence-corrected chi connectivity index (χ4v) is 2.04. The summed E-state index contributed by atoms with van der Waals surface area (Å²) in [5.74, 6) is -0.555. The van der Waals surface area contributed by atoms with Crippen LogP contribution in [-0.4, -0.2) is 41.9 Å². The number of aromatic nitrogens is 4. The number of nitrogens with one attached hydrogen (secondary N) is 1. The lowest BCUT2D eigenvalue weighted by Gasteiger charge is -2.15. The second kappa shape index (κ2) is 4.28. The zero-order chi connectivity index (χ0) is 14.4. The van der Waals surface area contributed by atoms with Crippen molar-refractivity contribution in [2.45, 2.75) is 18.4 Å². The monoisotopic (exact) mass is 283 g/mol. The van der Waals surface area contributed by atoms with Crippen LogP contribution >= 0.6 is 0 Å². The molecule has 0 unspecified atom stereocenters. The summed E-state index contributed by atoms with van der Waals surface area (Å²) in [7, 11) is 0. The van der Waals surface area contributed by atoms with Gasteiger partial charge in [0.05, 0.1) is 0 Å². The van der Waals surface area contributed by atoms with E-state index in [9.17, 15) is 19.4 Å². The van der Waals surface area contributed by atoms with Crippen LogP contribution in [0, 0.1) is 0 Å². The molecule has 0 spiro atoms. The average Bonchev–Trinajstić information content (AvgIpc) is 2.93. The number of ether oxygens (including phenoxy) is 1. The zero-order valence-electron chi connectivity index (χ0n) is 9.89. The highest BCUT2D eigenvalue weighted by Gasteiger charge is 2.41. The summed E-state index contributed by atoms with van der Waals surface area (Å²) in [5, 5.41) is 19.4. The highest BCUT2D eigenvalue weighted by molar-refractivity contribution is 5.70. The van der Waals surface area contributed by atoms with Crippen LogP contribution in [0.25, 0.3) is 11.2 Å². The van der Waals surface area contributed by atoms with E-state index in [1.165, 1.54) is 10.9 Å². The number of fused-ring (bicyclic) bond motifs is 1. The van der Waals surface area contributed by atoms with Crippen LogP contribution in [0.4, 0.5) is 10.3 Å². The lowest BCUT2D eigenvalue weighted by molar-refractivity contribution is -0.0120. The van der Waals surface area contributed by atoms with Gasteiger partial charge in [-0.05, 0) is 0 Å². The molecule has 0 aliphatic carbocycles. The molecule has 1 aliphatic rings. The van der Waals surface area contributed by atoms with Crippen LogP contribution in [0.3, 0.4) is 0 Å². The van der Waals surface area contributed by atoms with Crippen molar-refractivity contribution >= 4 is 17.1 Å². The third-order valence-electron chi connectivity index (χ3n) is 3.00. The molecule has 1 aliphatic heterocycles. The van der Waals surface area contributed by atoms with E-state index in [1.807, 2.05) is 0 Å². The molecular weight excluding hydrogens is 273 g/mol. The summed E-state index contributed by atoms with van der Waals surface area (Å²) in [5.41, 5.74) is 4.93. The Bertz CT molecular complexity index is 754. The van der Waals surface area contributed by atoms with E-state index in [0.29, 0.717) is 0 Å². The molecule has 3 heterocycles. The maximum absolute atomic E-state index is 12.5. The molecule has 2 aromatic rings. The molecule has 106 valence electrons. The predicted octanol–water partition coefficient (Wildman–Crippen LogP) is -1.24. The summed E-state index contributed by atoms with van der Waals surface area (Å²) < 4.78 is 18.8.